The van der Waals surface area contributed by atoms with E-state index in [1.807, 2.05) is 0 Å². The fourth-order valence-corrected chi connectivity index (χ4v) is 2.53. The van der Waals surface area contributed by atoms with Crippen molar-refractivity contribution in [2.45, 2.75) is 25.7 Å². The van der Waals surface area contributed by atoms with Crippen molar-refractivity contribution in [2.75, 3.05) is 11.9 Å². The number of hydrogen-bond donors (Lipinski definition) is 1. The van der Waals surface area contributed by atoms with Crippen LogP contribution in [0.15, 0.2) is 18.2 Å². The highest BCUT2D eigenvalue weighted by Gasteiger charge is 2.42. The second-order valence-electron chi connectivity index (χ2n) is 4.22. The van der Waals surface area contributed by atoms with Crippen molar-refractivity contribution in [3.05, 3.63) is 29.3 Å². The van der Waals surface area contributed by atoms with Crippen LogP contribution in [0, 0.1) is 5.92 Å². The normalized spacial score (nSPS) is 28.7. The molecule has 3 rings (SSSR count). The summed E-state index contributed by atoms with van der Waals surface area (Å²) < 4.78 is 0. The van der Waals surface area contributed by atoms with Crippen molar-refractivity contribution in [1.29, 1.82) is 0 Å². The summed E-state index contributed by atoms with van der Waals surface area (Å²) >= 11 is 0. The number of para-hydroxylation sites is 1. The number of aryl methyl sites for hydroxylation is 1. The Balaban J connectivity index is 2.12. The van der Waals surface area contributed by atoms with Crippen LogP contribution in [0.2, 0.25) is 0 Å². The Morgan fingerprint density at radius 1 is 1.46 bits per heavy atom. The molecule has 2 unspecified atom stereocenters. The molecule has 1 aliphatic heterocycles. The quantitative estimate of drug-likeness (QED) is 0.688. The molecule has 2 aliphatic rings. The van der Waals surface area contributed by atoms with Gasteiger partial charge in [-0.3, -0.25) is 0 Å². The van der Waals surface area contributed by atoms with Crippen molar-refractivity contribution in [3.63, 3.8) is 0 Å². The number of benzene rings is 1. The monoisotopic (exact) mass is 173 g/mol. The lowest BCUT2D eigenvalue weighted by Gasteiger charge is -2.20. The van der Waals surface area contributed by atoms with Gasteiger partial charge in [-0.25, -0.2) is 0 Å². The standard InChI is InChI=1S/C12H15N/c1-2-8-4-3-5-10-11-6-9(11)7-13-12(8)10/h3-5,9,11,13H,2,6-7H2,1H3. The van der Waals surface area contributed by atoms with Crippen LogP contribution in [0.25, 0.3) is 0 Å². The predicted molar refractivity (Wildman–Crippen MR) is 55.2 cm³/mol. The molecule has 1 heterocycles. The first-order chi connectivity index (χ1) is 6.40. The van der Waals surface area contributed by atoms with E-state index >= 15 is 0 Å². The number of fused-ring (bicyclic) bond motifs is 3. The molecule has 1 aromatic rings. The van der Waals surface area contributed by atoms with Gasteiger partial charge >= 0.3 is 0 Å². The molecule has 68 valence electrons. The zero-order chi connectivity index (χ0) is 8.84. The van der Waals surface area contributed by atoms with E-state index in [-0.39, 0.29) is 0 Å². The van der Waals surface area contributed by atoms with E-state index in [0.29, 0.717) is 0 Å². The van der Waals surface area contributed by atoms with Crippen molar-refractivity contribution in [2.24, 2.45) is 5.92 Å². The number of hydrogen-bond acceptors (Lipinski definition) is 1. The minimum absolute atomic E-state index is 0.891. The molecule has 0 spiro atoms. The molecule has 0 aromatic heterocycles. The molecule has 1 aliphatic carbocycles. The summed E-state index contributed by atoms with van der Waals surface area (Å²) in [5, 5.41) is 3.57. The van der Waals surface area contributed by atoms with Gasteiger partial charge in [-0.15, -0.1) is 0 Å². The molecule has 1 saturated carbocycles. The van der Waals surface area contributed by atoms with E-state index in [2.05, 4.69) is 30.4 Å². The maximum Gasteiger partial charge on any atom is 0.0408 e. The van der Waals surface area contributed by atoms with Crippen LogP contribution in [0.5, 0.6) is 0 Å². The molecule has 2 atom stereocenters. The molecule has 1 nitrogen and oxygen atoms in total. The smallest absolute Gasteiger partial charge is 0.0408 e. The maximum atomic E-state index is 3.57. The molecular formula is C12H15N. The average molecular weight is 173 g/mol. The lowest BCUT2D eigenvalue weighted by Crippen LogP contribution is -2.13. The number of anilines is 1. The fourth-order valence-electron chi connectivity index (χ4n) is 2.53. The highest BCUT2D eigenvalue weighted by molar-refractivity contribution is 5.62. The summed E-state index contributed by atoms with van der Waals surface area (Å²) in [6.07, 6.45) is 2.56. The third-order valence-electron chi connectivity index (χ3n) is 3.43. The summed E-state index contributed by atoms with van der Waals surface area (Å²) in [5.74, 6) is 1.84. The van der Waals surface area contributed by atoms with Crippen molar-refractivity contribution in [3.8, 4) is 0 Å². The third-order valence-corrected chi connectivity index (χ3v) is 3.43. The lowest BCUT2D eigenvalue weighted by molar-refractivity contribution is 0.812. The Morgan fingerprint density at radius 2 is 2.38 bits per heavy atom. The topological polar surface area (TPSA) is 12.0 Å². The Kier molecular flexibility index (Phi) is 1.43. The first-order valence-electron chi connectivity index (χ1n) is 5.25. The Hall–Kier alpha value is -0.980. The summed E-state index contributed by atoms with van der Waals surface area (Å²) in [7, 11) is 0. The zero-order valence-electron chi connectivity index (χ0n) is 8.01. The van der Waals surface area contributed by atoms with Crippen LogP contribution in [0.1, 0.15) is 30.4 Å². The van der Waals surface area contributed by atoms with E-state index in [0.717, 1.165) is 18.3 Å². The summed E-state index contributed by atoms with van der Waals surface area (Å²) in [4.78, 5) is 0. The average Bonchev–Trinajstić information content (AvgIpc) is 2.95. The van der Waals surface area contributed by atoms with Crippen LogP contribution in [-0.2, 0) is 6.42 Å². The van der Waals surface area contributed by atoms with Crippen molar-refractivity contribution in [1.82, 2.24) is 0 Å². The van der Waals surface area contributed by atoms with Gasteiger partial charge in [0, 0.05) is 12.2 Å². The van der Waals surface area contributed by atoms with E-state index in [9.17, 15) is 0 Å². The first-order valence-corrected chi connectivity index (χ1v) is 5.25. The fraction of sp³-hybridized carbons (Fsp3) is 0.500. The predicted octanol–water partition coefficient (Wildman–Crippen LogP) is 2.78. The molecule has 1 N–H and O–H groups in total. The van der Waals surface area contributed by atoms with Gasteiger partial charge in [-0.2, -0.15) is 0 Å². The van der Waals surface area contributed by atoms with Crippen molar-refractivity contribution >= 4 is 5.69 Å². The first kappa shape index (κ1) is 7.43. The van der Waals surface area contributed by atoms with Crippen LogP contribution in [0.3, 0.4) is 0 Å². The van der Waals surface area contributed by atoms with Crippen LogP contribution < -0.4 is 5.32 Å². The molecule has 1 aromatic carbocycles. The minimum atomic E-state index is 0.891. The van der Waals surface area contributed by atoms with Gasteiger partial charge in [0.05, 0.1) is 0 Å². The van der Waals surface area contributed by atoms with Gasteiger partial charge in [-0.1, -0.05) is 25.1 Å². The van der Waals surface area contributed by atoms with Crippen LogP contribution >= 0.6 is 0 Å². The molecule has 0 amide bonds. The Bertz CT molecular complexity index is 343. The van der Waals surface area contributed by atoms with E-state index in [1.54, 1.807) is 5.56 Å². The van der Waals surface area contributed by atoms with Gasteiger partial charge in [0.2, 0.25) is 0 Å². The second-order valence-corrected chi connectivity index (χ2v) is 4.22. The summed E-state index contributed by atoms with van der Waals surface area (Å²) in [6, 6.07) is 6.75. The number of rotatable bonds is 1. The molecule has 0 saturated heterocycles. The molecule has 1 fully saturated rings. The second kappa shape index (κ2) is 2.50. The van der Waals surface area contributed by atoms with Gasteiger partial charge in [0.25, 0.3) is 0 Å². The molecule has 13 heavy (non-hydrogen) atoms. The van der Waals surface area contributed by atoms with Gasteiger partial charge in [-0.05, 0) is 35.8 Å². The Morgan fingerprint density at radius 3 is 3.23 bits per heavy atom. The van der Waals surface area contributed by atoms with Crippen molar-refractivity contribution < 1.29 is 0 Å². The lowest BCUT2D eigenvalue weighted by atomic mass is 9.98. The number of nitrogens with one attached hydrogen (secondary N) is 1. The van der Waals surface area contributed by atoms with E-state index in [4.69, 9.17) is 0 Å². The molecule has 0 bridgehead atoms. The van der Waals surface area contributed by atoms with Crippen LogP contribution in [0.4, 0.5) is 5.69 Å². The zero-order valence-corrected chi connectivity index (χ0v) is 8.01. The molecular weight excluding hydrogens is 158 g/mol. The van der Waals surface area contributed by atoms with Gasteiger partial charge in [0.15, 0.2) is 0 Å². The highest BCUT2D eigenvalue weighted by atomic mass is 14.9. The van der Waals surface area contributed by atoms with E-state index < -0.39 is 0 Å². The highest BCUT2D eigenvalue weighted by Crippen LogP contribution is 2.53. The summed E-state index contributed by atoms with van der Waals surface area (Å²) in [5.41, 5.74) is 4.52. The van der Waals surface area contributed by atoms with Gasteiger partial charge in [0.1, 0.15) is 0 Å². The van der Waals surface area contributed by atoms with Crippen LogP contribution in [-0.4, -0.2) is 6.54 Å². The molecule has 1 heteroatoms. The SMILES string of the molecule is CCc1cccc2c1NCC1CC21. The molecule has 0 radical (unpaired) electrons. The van der Waals surface area contributed by atoms with E-state index in [1.165, 1.54) is 24.2 Å². The Labute approximate surface area is 79.2 Å². The maximum absolute atomic E-state index is 3.57. The summed E-state index contributed by atoms with van der Waals surface area (Å²) in [6.45, 7) is 3.44. The van der Waals surface area contributed by atoms with Gasteiger partial charge < -0.3 is 5.32 Å². The third kappa shape index (κ3) is 0.995. The largest absolute Gasteiger partial charge is 0.384 e. The minimum Gasteiger partial charge on any atom is -0.384 e.